The van der Waals surface area contributed by atoms with Crippen LogP contribution in [0.5, 0.6) is 5.75 Å². The van der Waals surface area contributed by atoms with Gasteiger partial charge in [0.05, 0.1) is 19.3 Å². The van der Waals surface area contributed by atoms with Crippen molar-refractivity contribution in [3.8, 4) is 5.75 Å². The van der Waals surface area contributed by atoms with Crippen LogP contribution in [0, 0.1) is 13.8 Å². The van der Waals surface area contributed by atoms with Crippen LogP contribution in [0.25, 0.3) is 0 Å². The third kappa shape index (κ3) is 5.71. The second-order valence-electron chi connectivity index (χ2n) is 7.05. The van der Waals surface area contributed by atoms with Crippen molar-refractivity contribution in [1.82, 2.24) is 10.2 Å². The van der Waals surface area contributed by atoms with E-state index in [1.165, 1.54) is 5.56 Å². The molecule has 1 aliphatic heterocycles. The van der Waals surface area contributed by atoms with Crippen molar-refractivity contribution in [3.05, 3.63) is 64.2 Å². The molecule has 1 aliphatic rings. The van der Waals surface area contributed by atoms with Gasteiger partial charge in [0.15, 0.2) is 6.61 Å². The molecule has 1 N–H and O–H groups in total. The number of carbonyl (C=O) groups excluding carboxylic acids is 1. The quantitative estimate of drug-likeness (QED) is 0.769. The van der Waals surface area contributed by atoms with E-state index in [4.69, 9.17) is 21.1 Å². The zero-order chi connectivity index (χ0) is 19.9. The van der Waals surface area contributed by atoms with Crippen molar-refractivity contribution in [2.75, 3.05) is 39.5 Å². The number of nitrogens with zero attached hydrogens (tertiary/aromatic N) is 1. The smallest absolute Gasteiger partial charge is 0.258 e. The molecule has 1 saturated heterocycles. The normalized spacial score (nSPS) is 15.8. The van der Waals surface area contributed by atoms with E-state index in [2.05, 4.69) is 10.2 Å². The van der Waals surface area contributed by atoms with E-state index >= 15 is 0 Å². The molecule has 6 heteroatoms. The summed E-state index contributed by atoms with van der Waals surface area (Å²) in [6, 6.07) is 13.7. The van der Waals surface area contributed by atoms with Crippen LogP contribution in [0.4, 0.5) is 0 Å². The van der Waals surface area contributed by atoms with Gasteiger partial charge in [-0.05, 0) is 54.8 Å². The number of hydrogen-bond acceptors (Lipinski definition) is 4. The lowest BCUT2D eigenvalue weighted by Crippen LogP contribution is -2.44. The standard InChI is InChI=1S/C22H27ClN2O3/c1-16-3-8-20(13-17(16)2)28-15-22(26)24-14-21(25-9-11-27-12-10-25)18-4-6-19(23)7-5-18/h3-8,13,21H,9-12,14-15H2,1-2H3,(H,24,26)/t21-/m1/s1. The molecule has 0 bridgehead atoms. The second-order valence-corrected chi connectivity index (χ2v) is 7.49. The number of ether oxygens (including phenoxy) is 2. The van der Waals surface area contributed by atoms with E-state index in [1.54, 1.807) is 0 Å². The lowest BCUT2D eigenvalue weighted by Gasteiger charge is -2.35. The number of rotatable bonds is 7. The average molecular weight is 403 g/mol. The van der Waals surface area contributed by atoms with Gasteiger partial charge >= 0.3 is 0 Å². The summed E-state index contributed by atoms with van der Waals surface area (Å²) in [5.41, 5.74) is 3.47. The van der Waals surface area contributed by atoms with Gasteiger partial charge in [-0.2, -0.15) is 0 Å². The van der Waals surface area contributed by atoms with E-state index in [9.17, 15) is 4.79 Å². The summed E-state index contributed by atoms with van der Waals surface area (Å²) in [6.45, 7) is 7.66. The van der Waals surface area contributed by atoms with Gasteiger partial charge in [-0.15, -0.1) is 0 Å². The first-order valence-electron chi connectivity index (χ1n) is 9.57. The van der Waals surface area contributed by atoms with E-state index in [1.807, 2.05) is 56.3 Å². The lowest BCUT2D eigenvalue weighted by molar-refractivity contribution is -0.123. The Labute approximate surface area is 171 Å². The number of aryl methyl sites for hydroxylation is 2. The third-order valence-electron chi connectivity index (χ3n) is 5.08. The first-order valence-corrected chi connectivity index (χ1v) is 9.95. The highest BCUT2D eigenvalue weighted by atomic mass is 35.5. The van der Waals surface area contributed by atoms with Gasteiger partial charge < -0.3 is 14.8 Å². The molecule has 0 spiro atoms. The Balaban J connectivity index is 1.58. The Kier molecular flexibility index (Phi) is 7.31. The minimum atomic E-state index is -0.134. The molecule has 150 valence electrons. The third-order valence-corrected chi connectivity index (χ3v) is 5.33. The minimum absolute atomic E-state index is 0.00104. The average Bonchev–Trinajstić information content (AvgIpc) is 2.71. The molecule has 1 amide bonds. The monoisotopic (exact) mass is 402 g/mol. The van der Waals surface area contributed by atoms with Gasteiger partial charge in [0.2, 0.25) is 0 Å². The molecule has 28 heavy (non-hydrogen) atoms. The second kappa shape index (κ2) is 9.92. The van der Waals surface area contributed by atoms with Gasteiger partial charge in [-0.3, -0.25) is 9.69 Å². The van der Waals surface area contributed by atoms with Crippen LogP contribution in [0.1, 0.15) is 22.7 Å². The maximum Gasteiger partial charge on any atom is 0.258 e. The fourth-order valence-corrected chi connectivity index (χ4v) is 3.37. The highest BCUT2D eigenvalue weighted by Gasteiger charge is 2.23. The van der Waals surface area contributed by atoms with E-state index < -0.39 is 0 Å². The van der Waals surface area contributed by atoms with Gasteiger partial charge in [0.25, 0.3) is 5.91 Å². The first-order chi connectivity index (χ1) is 13.5. The Morgan fingerprint density at radius 3 is 2.54 bits per heavy atom. The Hall–Kier alpha value is -2.08. The summed E-state index contributed by atoms with van der Waals surface area (Å²) in [5, 5.41) is 3.71. The molecule has 0 saturated carbocycles. The zero-order valence-corrected chi connectivity index (χ0v) is 17.2. The molecule has 5 nitrogen and oxygen atoms in total. The van der Waals surface area contributed by atoms with Crippen LogP contribution in [0.15, 0.2) is 42.5 Å². The van der Waals surface area contributed by atoms with Gasteiger partial charge in [-0.25, -0.2) is 0 Å². The molecular weight excluding hydrogens is 376 g/mol. The van der Waals surface area contributed by atoms with Crippen molar-refractivity contribution in [2.24, 2.45) is 0 Å². The van der Waals surface area contributed by atoms with Crippen molar-refractivity contribution >= 4 is 17.5 Å². The summed E-state index contributed by atoms with van der Waals surface area (Å²) in [6.07, 6.45) is 0. The van der Waals surface area contributed by atoms with E-state index in [0.717, 1.165) is 24.2 Å². The van der Waals surface area contributed by atoms with Crippen LogP contribution < -0.4 is 10.1 Å². The van der Waals surface area contributed by atoms with Crippen molar-refractivity contribution in [2.45, 2.75) is 19.9 Å². The number of amides is 1. The van der Waals surface area contributed by atoms with Crippen LogP contribution in [-0.2, 0) is 9.53 Å². The zero-order valence-electron chi connectivity index (χ0n) is 16.4. The highest BCUT2D eigenvalue weighted by Crippen LogP contribution is 2.23. The SMILES string of the molecule is Cc1ccc(OCC(=O)NC[C@H](c2ccc(Cl)cc2)N2CCOCC2)cc1C. The predicted octanol–water partition coefficient (Wildman–Crippen LogP) is 3.53. The number of hydrogen-bond donors (Lipinski definition) is 1. The largest absolute Gasteiger partial charge is 0.484 e. The molecule has 0 aromatic heterocycles. The van der Waals surface area contributed by atoms with Gasteiger partial charge in [0.1, 0.15) is 5.75 Å². The van der Waals surface area contributed by atoms with Crippen molar-refractivity contribution < 1.29 is 14.3 Å². The molecule has 0 unspecified atom stereocenters. The summed E-state index contributed by atoms with van der Waals surface area (Å²) < 4.78 is 11.1. The first kappa shape index (κ1) is 20.6. The Morgan fingerprint density at radius 2 is 1.86 bits per heavy atom. The predicted molar refractivity (Wildman–Crippen MR) is 111 cm³/mol. The molecule has 3 rings (SSSR count). The van der Waals surface area contributed by atoms with Gasteiger partial charge in [-0.1, -0.05) is 29.8 Å². The van der Waals surface area contributed by atoms with Crippen LogP contribution in [0.3, 0.4) is 0 Å². The molecule has 2 aromatic carbocycles. The Bertz CT molecular complexity index is 789. The van der Waals surface area contributed by atoms with Gasteiger partial charge in [0, 0.05) is 24.7 Å². The van der Waals surface area contributed by atoms with Crippen LogP contribution >= 0.6 is 11.6 Å². The van der Waals surface area contributed by atoms with E-state index in [0.29, 0.717) is 30.5 Å². The molecule has 1 fully saturated rings. The summed E-state index contributed by atoms with van der Waals surface area (Å²) in [5.74, 6) is 0.575. The number of nitrogens with one attached hydrogen (secondary N) is 1. The Morgan fingerprint density at radius 1 is 1.14 bits per heavy atom. The topological polar surface area (TPSA) is 50.8 Å². The number of halogens is 1. The highest BCUT2D eigenvalue weighted by molar-refractivity contribution is 6.30. The number of benzene rings is 2. The van der Waals surface area contributed by atoms with Crippen molar-refractivity contribution in [3.63, 3.8) is 0 Å². The molecule has 1 heterocycles. The molecule has 1 atom stereocenters. The van der Waals surface area contributed by atoms with Crippen LogP contribution in [-0.4, -0.2) is 50.3 Å². The fourth-order valence-electron chi connectivity index (χ4n) is 3.25. The van der Waals surface area contributed by atoms with Crippen LogP contribution in [0.2, 0.25) is 5.02 Å². The molecule has 0 aliphatic carbocycles. The summed E-state index contributed by atoms with van der Waals surface area (Å²) in [4.78, 5) is 14.7. The van der Waals surface area contributed by atoms with E-state index in [-0.39, 0.29) is 18.6 Å². The fraction of sp³-hybridized carbons (Fsp3) is 0.409. The molecule has 2 aromatic rings. The minimum Gasteiger partial charge on any atom is -0.484 e. The maximum atomic E-state index is 12.3. The number of morpholine rings is 1. The summed E-state index contributed by atoms with van der Waals surface area (Å²) in [7, 11) is 0. The maximum absolute atomic E-state index is 12.3. The number of carbonyl (C=O) groups is 1. The summed E-state index contributed by atoms with van der Waals surface area (Å²) >= 11 is 6.03. The van der Waals surface area contributed by atoms with Crippen molar-refractivity contribution in [1.29, 1.82) is 0 Å². The molecule has 0 radical (unpaired) electrons. The molecular formula is C22H27ClN2O3. The lowest BCUT2D eigenvalue weighted by atomic mass is 10.0.